The molecule has 0 aliphatic rings. The number of hydrogen-bond donors (Lipinski definition) is 4. The van der Waals surface area contributed by atoms with Crippen LogP contribution in [0.4, 0.5) is 0 Å². The molecule has 0 atom stereocenters. The van der Waals surface area contributed by atoms with Gasteiger partial charge < -0.3 is 29.5 Å². The number of unbranched alkanes of at least 4 members (excludes halogenated alkanes) is 14. The third kappa shape index (κ3) is 65.6. The molecular formula is C21H44Na2O9S. The number of aliphatic hydroxyl groups excluding tert-OH is 3. The monoisotopic (exact) mass is 518 g/mol. The van der Waals surface area contributed by atoms with Gasteiger partial charge in [0.2, 0.25) is 0 Å². The first kappa shape index (κ1) is 44.2. The molecule has 0 unspecified atom stereocenters. The van der Waals surface area contributed by atoms with Crippen molar-refractivity contribution in [1.82, 2.24) is 0 Å². The summed E-state index contributed by atoms with van der Waals surface area (Å²) >= 11 is 0. The molecule has 0 fully saturated rings. The fourth-order valence-corrected chi connectivity index (χ4v) is 2.71. The summed E-state index contributed by atoms with van der Waals surface area (Å²) in [5.74, 6) is -0.653. The zero-order valence-corrected chi connectivity index (χ0v) is 25.9. The van der Waals surface area contributed by atoms with Crippen LogP contribution < -0.4 is 59.1 Å². The van der Waals surface area contributed by atoms with Gasteiger partial charge in [0.25, 0.3) is 0 Å². The summed E-state index contributed by atoms with van der Waals surface area (Å²) in [4.78, 5) is 10.3. The van der Waals surface area contributed by atoms with Crippen LogP contribution in [-0.4, -0.2) is 63.2 Å². The average Bonchev–Trinajstić information content (AvgIpc) is 2.69. The number of carbonyl (C=O) groups is 1. The molecule has 0 heterocycles. The van der Waals surface area contributed by atoms with Gasteiger partial charge in [-0.1, -0.05) is 96.8 Å². The van der Waals surface area contributed by atoms with Gasteiger partial charge in [0, 0.05) is 16.8 Å². The van der Waals surface area contributed by atoms with E-state index in [4.69, 9.17) is 37.9 Å². The van der Waals surface area contributed by atoms with Crippen LogP contribution in [-0.2, 0) is 15.2 Å². The first-order valence-electron chi connectivity index (χ1n) is 11.4. The van der Waals surface area contributed by atoms with Crippen molar-refractivity contribution in [2.75, 3.05) is 13.2 Å². The molecule has 4 N–H and O–H groups in total. The smallest absolute Gasteiger partial charge is 0.759 e. The molecular weight excluding hydrogens is 474 g/mol. The van der Waals surface area contributed by atoms with Gasteiger partial charge in [0.05, 0.1) is 13.2 Å². The summed E-state index contributed by atoms with van der Waals surface area (Å²) < 4.78 is 34.1. The van der Waals surface area contributed by atoms with E-state index in [1.165, 1.54) is 83.5 Å². The Morgan fingerprint density at radius 2 is 0.939 bits per heavy atom. The normalized spacial score (nSPS) is 10.2. The number of aliphatic hydroxyl groups is 3. The van der Waals surface area contributed by atoms with E-state index in [9.17, 15) is 4.79 Å². The van der Waals surface area contributed by atoms with Crippen LogP contribution >= 0.6 is 0 Å². The summed E-state index contributed by atoms with van der Waals surface area (Å²) in [5.41, 5.74) is 0. The van der Waals surface area contributed by atoms with Crippen LogP contribution in [0.15, 0.2) is 0 Å². The first-order chi connectivity index (χ1) is 14.6. The Balaban J connectivity index is -0.000000167. The fraction of sp³-hybridized carbons (Fsp3) is 0.952. The quantitative estimate of drug-likeness (QED) is 0.0652. The van der Waals surface area contributed by atoms with Crippen LogP contribution in [0.5, 0.6) is 0 Å². The van der Waals surface area contributed by atoms with E-state index in [-0.39, 0.29) is 72.3 Å². The molecule has 9 nitrogen and oxygen atoms in total. The second-order valence-electron chi connectivity index (χ2n) is 7.52. The maximum atomic E-state index is 10.3. The van der Waals surface area contributed by atoms with Crippen LogP contribution in [0.3, 0.4) is 0 Å². The number of aliphatic carboxylic acids is 1. The van der Waals surface area contributed by atoms with Gasteiger partial charge >= 0.3 is 65.1 Å². The van der Waals surface area contributed by atoms with Crippen LogP contribution in [0.1, 0.15) is 110 Å². The minimum Gasteiger partial charge on any atom is -0.759 e. The van der Waals surface area contributed by atoms with Crippen LogP contribution in [0.2, 0.25) is 0 Å². The molecule has 190 valence electrons. The van der Waals surface area contributed by atoms with E-state index in [2.05, 4.69) is 6.92 Å². The predicted molar refractivity (Wildman–Crippen MR) is 118 cm³/mol. The largest absolute Gasteiger partial charge is 1.00 e. The third-order valence-electron chi connectivity index (χ3n) is 4.42. The third-order valence-corrected chi connectivity index (χ3v) is 4.42. The minimum atomic E-state index is -5.17. The molecule has 0 aromatic rings. The van der Waals surface area contributed by atoms with E-state index in [0.29, 0.717) is 6.42 Å². The Morgan fingerprint density at radius 1 is 0.697 bits per heavy atom. The zero-order chi connectivity index (χ0) is 24.4. The molecule has 0 radical (unpaired) electrons. The zero-order valence-electron chi connectivity index (χ0n) is 21.0. The summed E-state index contributed by atoms with van der Waals surface area (Å²) in [6.07, 6.45) is 19.2. The molecule has 0 aromatic carbocycles. The first-order valence-corrected chi connectivity index (χ1v) is 12.7. The van der Waals surface area contributed by atoms with Crippen molar-refractivity contribution in [1.29, 1.82) is 0 Å². The molecule has 0 bridgehead atoms. The molecule has 0 saturated carbocycles. The molecule has 0 amide bonds. The van der Waals surface area contributed by atoms with E-state index >= 15 is 0 Å². The van der Waals surface area contributed by atoms with Crippen molar-refractivity contribution in [3.05, 3.63) is 0 Å². The van der Waals surface area contributed by atoms with Crippen LogP contribution in [0, 0.1) is 0 Å². The topological polar surface area (TPSA) is 178 Å². The molecule has 12 heteroatoms. The number of carboxylic acids is 1. The van der Waals surface area contributed by atoms with Crippen LogP contribution in [0.25, 0.3) is 0 Å². The van der Waals surface area contributed by atoms with Gasteiger partial charge in [-0.05, 0) is 6.42 Å². The Morgan fingerprint density at radius 3 is 1.12 bits per heavy atom. The number of hydrogen-bond acceptors (Lipinski definition) is 8. The van der Waals surface area contributed by atoms with Crippen molar-refractivity contribution in [2.45, 2.75) is 116 Å². The molecule has 0 aromatic heterocycles. The second-order valence-corrected chi connectivity index (χ2v) is 8.34. The van der Waals surface area contributed by atoms with Crippen molar-refractivity contribution < 1.29 is 102 Å². The van der Waals surface area contributed by atoms with Gasteiger partial charge in [0.15, 0.2) is 0 Å². The Bertz CT molecular complexity index is 455. The van der Waals surface area contributed by atoms with Crippen molar-refractivity contribution in [2.24, 2.45) is 0 Å². The van der Waals surface area contributed by atoms with E-state index < -0.39 is 22.5 Å². The van der Waals surface area contributed by atoms with Crippen molar-refractivity contribution in [3.8, 4) is 0 Å². The summed E-state index contributed by atoms with van der Waals surface area (Å²) in [6.45, 7) is 1.54. The van der Waals surface area contributed by atoms with Gasteiger partial charge in [-0.15, -0.1) is 0 Å². The second kappa shape index (κ2) is 35.4. The average molecular weight is 519 g/mol. The molecule has 0 aliphatic heterocycles. The van der Waals surface area contributed by atoms with Crippen molar-refractivity contribution in [3.63, 3.8) is 0 Å². The molecule has 33 heavy (non-hydrogen) atoms. The molecule has 0 aliphatic carbocycles. The van der Waals surface area contributed by atoms with Gasteiger partial charge in [-0.3, -0.25) is 13.2 Å². The Kier molecular flexibility index (Phi) is 47.4. The Labute approximate surface area is 245 Å². The standard InChI is InChI=1S/C18H36O2.C3H8O3.2Na.H2O4S/c1-2-3-4-5-6-7-8-9-10-11-12-13-14-15-16-17-18(19)20;4-1-3(6)2-5;;;1-5(2,3)4/h2-17H2,1H3,(H,19,20);3-6H,1-2H2;;;(H2,1,2,3,4)/q;;2*+1;/p-2. The summed E-state index contributed by atoms with van der Waals surface area (Å²) in [7, 11) is -5.17. The van der Waals surface area contributed by atoms with E-state index in [1.807, 2.05) is 0 Å². The maximum absolute atomic E-state index is 10.3. The minimum absolute atomic E-state index is 0. The predicted octanol–water partition coefficient (Wildman–Crippen LogP) is -2.67. The SMILES string of the molecule is CCCCCCCCCCCCCCCCCC(=O)O.O=S(=O)([O-])[O-].OCC(O)CO.[Na+].[Na+]. The molecule has 0 saturated heterocycles. The number of carboxylic acid groups (broad SMARTS) is 1. The number of rotatable bonds is 18. The Hall–Kier alpha value is 1.22. The van der Waals surface area contributed by atoms with Gasteiger partial charge in [0.1, 0.15) is 6.10 Å². The maximum Gasteiger partial charge on any atom is 1.00 e. The van der Waals surface area contributed by atoms with Crippen molar-refractivity contribution >= 4 is 16.4 Å². The summed E-state index contributed by atoms with van der Waals surface area (Å²) in [6, 6.07) is 0. The van der Waals surface area contributed by atoms with Gasteiger partial charge in [-0.2, -0.15) is 0 Å². The summed E-state index contributed by atoms with van der Waals surface area (Å²) in [5, 5.41) is 32.5. The van der Waals surface area contributed by atoms with E-state index in [0.717, 1.165) is 12.8 Å². The van der Waals surface area contributed by atoms with E-state index in [1.54, 1.807) is 0 Å². The molecule has 0 spiro atoms. The van der Waals surface area contributed by atoms with Gasteiger partial charge in [-0.25, -0.2) is 0 Å². The fourth-order valence-electron chi connectivity index (χ4n) is 2.71. The molecule has 0 rings (SSSR count).